The van der Waals surface area contributed by atoms with Gasteiger partial charge in [0, 0.05) is 20.1 Å². The third kappa shape index (κ3) is 4.02. The summed E-state index contributed by atoms with van der Waals surface area (Å²) in [6, 6.07) is 6.30. The van der Waals surface area contributed by atoms with Crippen LogP contribution in [0.15, 0.2) is 24.3 Å². The van der Waals surface area contributed by atoms with Crippen LogP contribution in [0.4, 0.5) is 4.79 Å². The van der Waals surface area contributed by atoms with Crippen LogP contribution in [0, 0.1) is 12.3 Å². The monoisotopic (exact) mass is 274 g/mol. The molecule has 0 aliphatic heterocycles. The first-order valence-corrected chi connectivity index (χ1v) is 6.25. The number of carboxylic acids is 1. The molecule has 0 fully saturated rings. The van der Waals surface area contributed by atoms with Crippen LogP contribution in [0.25, 0.3) is 0 Å². The van der Waals surface area contributed by atoms with Crippen molar-refractivity contribution in [2.45, 2.75) is 13.5 Å². The SMILES string of the molecule is C#CCN(CC)C(=O)N(C)Cc1ccc(C(=O)O)cc1. The number of carbonyl (C=O) groups excluding carboxylic acids is 1. The van der Waals surface area contributed by atoms with Crippen LogP contribution in [0.1, 0.15) is 22.8 Å². The molecule has 0 unspecified atom stereocenters. The molecule has 0 bridgehead atoms. The number of aromatic carboxylic acids is 1. The lowest BCUT2D eigenvalue weighted by Crippen LogP contribution is -2.40. The molecule has 0 aliphatic rings. The second-order valence-electron chi connectivity index (χ2n) is 4.36. The van der Waals surface area contributed by atoms with E-state index < -0.39 is 5.97 Å². The molecule has 1 N–H and O–H groups in total. The minimum Gasteiger partial charge on any atom is -0.478 e. The van der Waals surface area contributed by atoms with Crippen molar-refractivity contribution < 1.29 is 14.7 Å². The van der Waals surface area contributed by atoms with Gasteiger partial charge in [-0.2, -0.15) is 0 Å². The Bertz CT molecular complexity index is 517. The summed E-state index contributed by atoms with van der Waals surface area (Å²) in [5, 5.41) is 8.82. The van der Waals surface area contributed by atoms with E-state index in [1.165, 1.54) is 12.1 Å². The van der Waals surface area contributed by atoms with Gasteiger partial charge < -0.3 is 14.9 Å². The van der Waals surface area contributed by atoms with Gasteiger partial charge in [-0.15, -0.1) is 6.42 Å². The fourth-order valence-electron chi connectivity index (χ4n) is 1.76. The minimum absolute atomic E-state index is 0.146. The summed E-state index contributed by atoms with van der Waals surface area (Å²) in [5.74, 6) is 1.49. The Labute approximate surface area is 118 Å². The Morgan fingerprint density at radius 2 is 1.90 bits per heavy atom. The largest absolute Gasteiger partial charge is 0.478 e. The van der Waals surface area contributed by atoms with Gasteiger partial charge in [-0.1, -0.05) is 18.1 Å². The van der Waals surface area contributed by atoms with E-state index in [2.05, 4.69) is 5.92 Å². The standard InChI is InChI=1S/C15H18N2O3/c1-4-10-17(5-2)15(20)16(3)11-12-6-8-13(9-7-12)14(18)19/h1,6-9H,5,10-11H2,2-3H3,(H,18,19). The highest BCUT2D eigenvalue weighted by Gasteiger charge is 2.15. The average molecular weight is 274 g/mol. The Morgan fingerprint density at radius 3 is 2.35 bits per heavy atom. The predicted octanol–water partition coefficient (Wildman–Crippen LogP) is 1.89. The van der Waals surface area contributed by atoms with Crippen molar-refractivity contribution in [1.82, 2.24) is 9.80 Å². The zero-order valence-corrected chi connectivity index (χ0v) is 11.7. The van der Waals surface area contributed by atoms with Crippen molar-refractivity contribution in [3.05, 3.63) is 35.4 Å². The maximum absolute atomic E-state index is 12.1. The van der Waals surface area contributed by atoms with E-state index in [9.17, 15) is 9.59 Å². The van der Waals surface area contributed by atoms with Gasteiger partial charge in [0.15, 0.2) is 0 Å². The molecule has 5 heteroatoms. The summed E-state index contributed by atoms with van der Waals surface area (Å²) < 4.78 is 0. The van der Waals surface area contributed by atoms with E-state index >= 15 is 0 Å². The molecular weight excluding hydrogens is 256 g/mol. The zero-order valence-electron chi connectivity index (χ0n) is 11.7. The number of rotatable bonds is 5. The zero-order chi connectivity index (χ0) is 15.1. The van der Waals surface area contributed by atoms with Gasteiger partial charge in [-0.25, -0.2) is 9.59 Å². The van der Waals surface area contributed by atoms with Crippen LogP contribution < -0.4 is 0 Å². The number of carboxylic acid groups (broad SMARTS) is 1. The van der Waals surface area contributed by atoms with E-state index in [1.54, 1.807) is 29.0 Å². The van der Waals surface area contributed by atoms with E-state index in [0.717, 1.165) is 5.56 Å². The Kier molecular flexibility index (Phi) is 5.60. The molecule has 0 spiro atoms. The van der Waals surface area contributed by atoms with Gasteiger partial charge in [0.25, 0.3) is 0 Å². The van der Waals surface area contributed by atoms with Crippen molar-refractivity contribution in [2.24, 2.45) is 0 Å². The summed E-state index contributed by atoms with van der Waals surface area (Å²) in [5.41, 5.74) is 1.09. The maximum Gasteiger partial charge on any atom is 0.335 e. The molecule has 0 saturated carbocycles. The molecule has 0 atom stereocenters. The highest BCUT2D eigenvalue weighted by atomic mass is 16.4. The average Bonchev–Trinajstić information content (AvgIpc) is 2.44. The molecule has 0 heterocycles. The van der Waals surface area contributed by atoms with Crippen LogP contribution in [0.3, 0.4) is 0 Å². The number of nitrogens with zero attached hydrogens (tertiary/aromatic N) is 2. The molecule has 0 radical (unpaired) electrons. The maximum atomic E-state index is 12.1. The fourth-order valence-corrected chi connectivity index (χ4v) is 1.76. The van der Waals surface area contributed by atoms with Gasteiger partial charge in [-0.05, 0) is 24.6 Å². The van der Waals surface area contributed by atoms with E-state index in [-0.39, 0.29) is 18.1 Å². The van der Waals surface area contributed by atoms with Crippen LogP contribution in [-0.4, -0.2) is 47.0 Å². The number of hydrogen-bond donors (Lipinski definition) is 1. The molecule has 0 aliphatic carbocycles. The Morgan fingerprint density at radius 1 is 1.30 bits per heavy atom. The molecule has 1 aromatic rings. The fraction of sp³-hybridized carbons (Fsp3) is 0.333. The summed E-state index contributed by atoms with van der Waals surface area (Å²) in [6.45, 7) is 3.09. The summed E-state index contributed by atoms with van der Waals surface area (Å²) in [4.78, 5) is 26.0. The second-order valence-corrected chi connectivity index (χ2v) is 4.36. The Hall–Kier alpha value is -2.48. The molecule has 20 heavy (non-hydrogen) atoms. The molecule has 0 aromatic heterocycles. The molecule has 1 rings (SSSR count). The topological polar surface area (TPSA) is 60.9 Å². The van der Waals surface area contributed by atoms with Gasteiger partial charge in [0.05, 0.1) is 12.1 Å². The summed E-state index contributed by atoms with van der Waals surface area (Å²) in [7, 11) is 1.69. The van der Waals surface area contributed by atoms with Gasteiger partial charge in [0.1, 0.15) is 0 Å². The third-order valence-corrected chi connectivity index (χ3v) is 2.88. The lowest BCUT2D eigenvalue weighted by Gasteiger charge is -2.25. The molecule has 1 aromatic carbocycles. The van der Waals surface area contributed by atoms with E-state index in [4.69, 9.17) is 11.5 Å². The van der Waals surface area contributed by atoms with Crippen molar-refractivity contribution in [3.8, 4) is 12.3 Å². The predicted molar refractivity (Wildman–Crippen MR) is 76.3 cm³/mol. The van der Waals surface area contributed by atoms with Crippen molar-refractivity contribution in [2.75, 3.05) is 20.1 Å². The third-order valence-electron chi connectivity index (χ3n) is 2.88. The lowest BCUT2D eigenvalue weighted by molar-refractivity contribution is 0.0697. The number of hydrogen-bond acceptors (Lipinski definition) is 2. The summed E-state index contributed by atoms with van der Waals surface area (Å²) >= 11 is 0. The highest BCUT2D eigenvalue weighted by Crippen LogP contribution is 2.08. The molecule has 0 saturated heterocycles. The molecule has 106 valence electrons. The van der Waals surface area contributed by atoms with Crippen molar-refractivity contribution >= 4 is 12.0 Å². The minimum atomic E-state index is -0.966. The van der Waals surface area contributed by atoms with Crippen LogP contribution in [0.2, 0.25) is 0 Å². The van der Waals surface area contributed by atoms with Gasteiger partial charge in [-0.3, -0.25) is 0 Å². The smallest absolute Gasteiger partial charge is 0.335 e. The van der Waals surface area contributed by atoms with Gasteiger partial charge >= 0.3 is 12.0 Å². The highest BCUT2D eigenvalue weighted by molar-refractivity contribution is 5.87. The Balaban J connectivity index is 2.70. The second kappa shape index (κ2) is 7.19. The lowest BCUT2D eigenvalue weighted by atomic mass is 10.1. The van der Waals surface area contributed by atoms with Crippen molar-refractivity contribution in [3.63, 3.8) is 0 Å². The normalized spacial score (nSPS) is 9.65. The summed E-state index contributed by atoms with van der Waals surface area (Å²) in [6.07, 6.45) is 5.22. The number of carbonyl (C=O) groups is 2. The number of terminal acetylenes is 1. The quantitative estimate of drug-likeness (QED) is 0.834. The van der Waals surface area contributed by atoms with Crippen molar-refractivity contribution in [1.29, 1.82) is 0 Å². The first kappa shape index (κ1) is 15.6. The van der Waals surface area contributed by atoms with Crippen LogP contribution in [-0.2, 0) is 6.54 Å². The molecule has 5 nitrogen and oxygen atoms in total. The van der Waals surface area contributed by atoms with Crippen LogP contribution in [0.5, 0.6) is 0 Å². The van der Waals surface area contributed by atoms with Crippen LogP contribution >= 0.6 is 0 Å². The molecular formula is C15H18N2O3. The van der Waals surface area contributed by atoms with E-state index in [0.29, 0.717) is 13.1 Å². The first-order valence-electron chi connectivity index (χ1n) is 6.25. The van der Waals surface area contributed by atoms with E-state index in [1.807, 2.05) is 6.92 Å². The van der Waals surface area contributed by atoms with Gasteiger partial charge in [0.2, 0.25) is 0 Å². The number of urea groups is 1. The first-order chi connectivity index (χ1) is 9.49. The molecule has 2 amide bonds. The number of amides is 2. The number of benzene rings is 1.